The van der Waals surface area contributed by atoms with Gasteiger partial charge >= 0.3 is 0 Å². The number of nitrogens with one attached hydrogen (secondary N) is 1. The van der Waals surface area contributed by atoms with Gasteiger partial charge in [0.2, 0.25) is 0 Å². The van der Waals surface area contributed by atoms with Gasteiger partial charge in [0.05, 0.1) is 11.1 Å². The number of furan rings is 1. The van der Waals surface area contributed by atoms with Gasteiger partial charge in [-0.2, -0.15) is 0 Å². The molecule has 1 aromatic heterocycles. The Morgan fingerprint density at radius 2 is 2.10 bits per heavy atom. The number of aliphatic hydroxyl groups excluding tert-OH is 1. The minimum absolute atomic E-state index is 0.202. The van der Waals surface area contributed by atoms with E-state index in [1.807, 2.05) is 25.1 Å². The predicted molar refractivity (Wildman–Crippen MR) is 82.4 cm³/mol. The highest BCUT2D eigenvalue weighted by Crippen LogP contribution is 2.28. The van der Waals surface area contributed by atoms with Gasteiger partial charge in [0.1, 0.15) is 5.76 Å². The van der Waals surface area contributed by atoms with E-state index in [0.717, 1.165) is 12.0 Å². The minimum Gasteiger partial charge on any atom is -0.451 e. The molecule has 1 atom stereocenters. The molecule has 0 aliphatic rings. The summed E-state index contributed by atoms with van der Waals surface area (Å²) in [5.41, 5.74) is 0.740. The highest BCUT2D eigenvalue weighted by atomic mass is 35.5. The molecule has 0 aliphatic heterocycles. The van der Waals surface area contributed by atoms with Gasteiger partial charge in [-0.3, -0.25) is 4.79 Å². The third-order valence-electron chi connectivity index (χ3n) is 3.09. The third-order valence-corrected chi connectivity index (χ3v) is 3.42. The molecule has 1 heterocycles. The molecule has 2 aromatic rings. The Morgan fingerprint density at radius 1 is 1.33 bits per heavy atom. The van der Waals surface area contributed by atoms with Crippen LogP contribution in [0.4, 0.5) is 0 Å². The molecule has 1 aromatic carbocycles. The minimum atomic E-state index is -0.531. The maximum atomic E-state index is 11.9. The average molecular weight is 308 g/mol. The Hall–Kier alpha value is -1.78. The first-order valence-corrected chi connectivity index (χ1v) is 7.30. The lowest BCUT2D eigenvalue weighted by Crippen LogP contribution is -2.31. The summed E-state index contributed by atoms with van der Waals surface area (Å²) in [6.45, 7) is 2.20. The lowest BCUT2D eigenvalue weighted by molar-refractivity contribution is 0.0884. The zero-order valence-corrected chi connectivity index (χ0v) is 12.6. The standard InChI is InChI=1S/C16H18ClNO3/c1-2-5-11(19)10-18-16(20)15-9-8-14(21-15)12-6-3-4-7-13(12)17/h3-4,6-9,11,19H,2,5,10H2,1H3,(H,18,20). The van der Waals surface area contributed by atoms with Crippen molar-refractivity contribution >= 4 is 17.5 Å². The molecule has 112 valence electrons. The van der Waals surface area contributed by atoms with Gasteiger partial charge in [0.15, 0.2) is 5.76 Å². The summed E-state index contributed by atoms with van der Waals surface area (Å²) in [7, 11) is 0. The van der Waals surface area contributed by atoms with E-state index in [9.17, 15) is 9.90 Å². The van der Waals surface area contributed by atoms with Crippen LogP contribution in [0.1, 0.15) is 30.3 Å². The van der Waals surface area contributed by atoms with Crippen molar-refractivity contribution in [2.45, 2.75) is 25.9 Å². The SMILES string of the molecule is CCCC(O)CNC(=O)c1ccc(-c2ccccc2Cl)o1. The number of hydrogen-bond donors (Lipinski definition) is 2. The predicted octanol–water partition coefficient (Wildman–Crippen LogP) is 3.49. The van der Waals surface area contributed by atoms with E-state index in [4.69, 9.17) is 16.0 Å². The maximum absolute atomic E-state index is 11.9. The van der Waals surface area contributed by atoms with Crippen molar-refractivity contribution in [2.75, 3.05) is 6.54 Å². The van der Waals surface area contributed by atoms with Crippen molar-refractivity contribution in [3.63, 3.8) is 0 Å². The van der Waals surface area contributed by atoms with Gasteiger partial charge < -0.3 is 14.8 Å². The molecular formula is C16H18ClNO3. The number of amides is 1. The number of carbonyl (C=O) groups excluding carboxylic acids is 1. The Kier molecular flexibility index (Phi) is 5.42. The van der Waals surface area contributed by atoms with E-state index in [1.54, 1.807) is 18.2 Å². The number of benzene rings is 1. The Balaban J connectivity index is 2.03. The monoisotopic (exact) mass is 307 g/mol. The number of hydrogen-bond acceptors (Lipinski definition) is 3. The van der Waals surface area contributed by atoms with Gasteiger partial charge in [-0.05, 0) is 30.7 Å². The quantitative estimate of drug-likeness (QED) is 0.858. The molecule has 0 spiro atoms. The van der Waals surface area contributed by atoms with Crippen molar-refractivity contribution in [3.05, 3.63) is 47.2 Å². The first-order chi connectivity index (χ1) is 10.1. The highest BCUT2D eigenvalue weighted by molar-refractivity contribution is 6.33. The lowest BCUT2D eigenvalue weighted by atomic mass is 10.2. The highest BCUT2D eigenvalue weighted by Gasteiger charge is 2.14. The fourth-order valence-corrected chi connectivity index (χ4v) is 2.23. The van der Waals surface area contributed by atoms with Crippen molar-refractivity contribution in [2.24, 2.45) is 0 Å². The van der Waals surface area contributed by atoms with Gasteiger partial charge in [-0.15, -0.1) is 0 Å². The van der Waals surface area contributed by atoms with Crippen LogP contribution in [-0.4, -0.2) is 23.7 Å². The number of rotatable bonds is 6. The summed E-state index contributed by atoms with van der Waals surface area (Å²) < 4.78 is 5.53. The van der Waals surface area contributed by atoms with Crippen LogP contribution < -0.4 is 5.32 Å². The maximum Gasteiger partial charge on any atom is 0.287 e. The van der Waals surface area contributed by atoms with Crippen LogP contribution in [0.5, 0.6) is 0 Å². The largest absolute Gasteiger partial charge is 0.451 e. The third kappa shape index (κ3) is 4.09. The van der Waals surface area contributed by atoms with Crippen molar-refractivity contribution in [1.82, 2.24) is 5.32 Å². The molecule has 4 nitrogen and oxygen atoms in total. The van der Waals surface area contributed by atoms with Gasteiger partial charge in [-0.25, -0.2) is 0 Å². The summed E-state index contributed by atoms with van der Waals surface area (Å²) in [5.74, 6) is 0.400. The molecule has 0 aliphatic carbocycles. The van der Waals surface area contributed by atoms with Gasteiger partial charge in [0, 0.05) is 12.1 Å². The Labute approximate surface area is 128 Å². The molecule has 0 saturated heterocycles. The molecule has 21 heavy (non-hydrogen) atoms. The molecule has 2 rings (SSSR count). The van der Waals surface area contributed by atoms with Gasteiger partial charge in [0.25, 0.3) is 5.91 Å². The molecule has 0 fully saturated rings. The van der Waals surface area contributed by atoms with Gasteiger partial charge in [-0.1, -0.05) is 37.1 Å². The number of halogens is 1. The second-order valence-corrected chi connectivity index (χ2v) is 5.20. The molecule has 0 saturated carbocycles. The zero-order valence-electron chi connectivity index (χ0n) is 11.8. The molecule has 2 N–H and O–H groups in total. The fourth-order valence-electron chi connectivity index (χ4n) is 2.00. The van der Waals surface area contributed by atoms with E-state index in [1.165, 1.54) is 0 Å². The van der Waals surface area contributed by atoms with Crippen LogP contribution in [-0.2, 0) is 0 Å². The summed E-state index contributed by atoms with van der Waals surface area (Å²) in [6, 6.07) is 10.6. The molecule has 1 unspecified atom stereocenters. The normalized spacial score (nSPS) is 12.1. The van der Waals surface area contributed by atoms with E-state index in [2.05, 4.69) is 5.32 Å². The number of carbonyl (C=O) groups is 1. The first-order valence-electron chi connectivity index (χ1n) is 6.92. The smallest absolute Gasteiger partial charge is 0.287 e. The van der Waals surface area contributed by atoms with E-state index >= 15 is 0 Å². The lowest BCUT2D eigenvalue weighted by Gasteiger charge is -2.09. The van der Waals surface area contributed by atoms with Crippen LogP contribution in [0.25, 0.3) is 11.3 Å². The molecular weight excluding hydrogens is 290 g/mol. The molecule has 0 bridgehead atoms. The molecule has 1 amide bonds. The molecule has 0 radical (unpaired) electrons. The van der Waals surface area contributed by atoms with Crippen LogP contribution in [0, 0.1) is 0 Å². The van der Waals surface area contributed by atoms with E-state index in [-0.39, 0.29) is 18.2 Å². The fraction of sp³-hybridized carbons (Fsp3) is 0.312. The van der Waals surface area contributed by atoms with Crippen molar-refractivity contribution < 1.29 is 14.3 Å². The number of aliphatic hydroxyl groups is 1. The average Bonchev–Trinajstić information content (AvgIpc) is 2.95. The Bertz CT molecular complexity index is 609. The van der Waals surface area contributed by atoms with Crippen LogP contribution in [0.15, 0.2) is 40.8 Å². The summed E-state index contributed by atoms with van der Waals surface area (Å²) >= 11 is 6.09. The van der Waals surface area contributed by atoms with Crippen LogP contribution in [0.3, 0.4) is 0 Å². The summed E-state index contributed by atoms with van der Waals surface area (Å²) in [5, 5.41) is 12.8. The van der Waals surface area contributed by atoms with E-state index < -0.39 is 6.10 Å². The zero-order chi connectivity index (χ0) is 15.2. The topological polar surface area (TPSA) is 62.5 Å². The van der Waals surface area contributed by atoms with Crippen molar-refractivity contribution in [1.29, 1.82) is 0 Å². The second kappa shape index (κ2) is 7.29. The molecule has 5 heteroatoms. The summed E-state index contributed by atoms with van der Waals surface area (Å²) in [4.78, 5) is 11.9. The van der Waals surface area contributed by atoms with Crippen molar-refractivity contribution in [3.8, 4) is 11.3 Å². The first kappa shape index (κ1) is 15.6. The van der Waals surface area contributed by atoms with Crippen LogP contribution >= 0.6 is 11.6 Å². The van der Waals surface area contributed by atoms with Crippen LogP contribution in [0.2, 0.25) is 5.02 Å². The Morgan fingerprint density at radius 3 is 2.81 bits per heavy atom. The second-order valence-electron chi connectivity index (χ2n) is 4.80. The van der Waals surface area contributed by atoms with E-state index in [0.29, 0.717) is 17.2 Å². The summed E-state index contributed by atoms with van der Waals surface area (Å²) in [6.07, 6.45) is 0.995.